The number of aliphatic hydroxyl groups excluding tert-OH is 2. The van der Waals surface area contributed by atoms with E-state index in [1.807, 2.05) is 6.92 Å². The van der Waals surface area contributed by atoms with E-state index in [1.54, 1.807) is 0 Å². The molecule has 8 atom stereocenters. The first-order valence-electron chi connectivity index (χ1n) is 11.3. The third-order valence-electron chi connectivity index (χ3n) is 10.2. The molecule has 2 saturated carbocycles. The number of carbonyl (C=O) groups excluding carboxylic acids is 1. The van der Waals surface area contributed by atoms with Crippen molar-refractivity contribution in [2.24, 2.45) is 39.4 Å². The summed E-state index contributed by atoms with van der Waals surface area (Å²) in [5.41, 5.74) is 2.58. The summed E-state index contributed by atoms with van der Waals surface area (Å²) in [6, 6.07) is 0. The maximum absolute atomic E-state index is 12.1. The van der Waals surface area contributed by atoms with Gasteiger partial charge in [0.15, 0.2) is 0 Å². The first-order chi connectivity index (χ1) is 13.1. The lowest BCUT2D eigenvalue weighted by Crippen LogP contribution is -2.56. The van der Waals surface area contributed by atoms with Crippen molar-refractivity contribution in [3.05, 3.63) is 23.3 Å². The predicted molar refractivity (Wildman–Crippen MR) is 112 cm³/mol. The minimum absolute atomic E-state index is 0.0377. The molecule has 28 heavy (non-hydrogen) atoms. The van der Waals surface area contributed by atoms with Gasteiger partial charge < -0.3 is 15.0 Å². The Bertz CT molecular complexity index is 738. The minimum atomic E-state index is -0.666. The molecule has 0 heterocycles. The van der Waals surface area contributed by atoms with Gasteiger partial charge in [-0.25, -0.2) is 0 Å². The van der Waals surface area contributed by atoms with Gasteiger partial charge in [0.05, 0.1) is 11.5 Å². The molecule has 2 N–H and O–H groups in total. The Hall–Kier alpha value is -0.930. The molecule has 0 aliphatic heterocycles. The van der Waals surface area contributed by atoms with Crippen molar-refractivity contribution in [1.29, 1.82) is 0 Å². The highest BCUT2D eigenvalue weighted by Crippen LogP contribution is 2.71. The van der Waals surface area contributed by atoms with Gasteiger partial charge in [-0.3, -0.25) is 0 Å². The van der Waals surface area contributed by atoms with E-state index in [4.69, 9.17) is 0 Å². The third kappa shape index (κ3) is 2.27. The number of hydrogen-bond acceptors (Lipinski definition) is 3. The van der Waals surface area contributed by atoms with Crippen LogP contribution in [0.3, 0.4) is 0 Å². The molecule has 0 unspecified atom stereocenters. The Labute approximate surface area is 170 Å². The van der Waals surface area contributed by atoms with Crippen LogP contribution < -0.4 is 0 Å². The largest absolute Gasteiger partial charge is 0.396 e. The van der Waals surface area contributed by atoms with E-state index < -0.39 is 11.5 Å². The fourth-order valence-electron chi connectivity index (χ4n) is 7.99. The number of allylic oxidation sites excluding steroid dienone is 4. The highest BCUT2D eigenvalue weighted by Gasteiger charge is 2.63. The topological polar surface area (TPSA) is 57.5 Å². The summed E-state index contributed by atoms with van der Waals surface area (Å²) in [5.74, 6) is 1.04. The van der Waals surface area contributed by atoms with E-state index in [0.29, 0.717) is 18.3 Å². The Morgan fingerprint density at radius 2 is 1.86 bits per heavy atom. The van der Waals surface area contributed by atoms with Gasteiger partial charge in [-0.05, 0) is 83.7 Å². The lowest BCUT2D eigenvalue weighted by atomic mass is 9.44. The van der Waals surface area contributed by atoms with E-state index in [9.17, 15) is 15.0 Å². The van der Waals surface area contributed by atoms with Gasteiger partial charge in [-0.15, -0.1) is 0 Å². The average Bonchev–Trinajstić information content (AvgIpc) is 2.96. The molecule has 4 rings (SSSR count). The van der Waals surface area contributed by atoms with E-state index in [0.717, 1.165) is 25.5 Å². The van der Waals surface area contributed by atoms with Crippen molar-refractivity contribution >= 4 is 6.29 Å². The van der Waals surface area contributed by atoms with Crippen LogP contribution in [0.4, 0.5) is 0 Å². The average molecular weight is 387 g/mol. The summed E-state index contributed by atoms with van der Waals surface area (Å²) in [6.45, 7) is 11.7. The second-order valence-electron chi connectivity index (χ2n) is 11.2. The Kier molecular flexibility index (Phi) is 4.57. The quantitative estimate of drug-likeness (QED) is 0.693. The van der Waals surface area contributed by atoms with Crippen LogP contribution in [0, 0.1) is 39.4 Å². The normalized spacial score (nSPS) is 51.3. The summed E-state index contributed by atoms with van der Waals surface area (Å²) in [5, 5.41) is 20.5. The Morgan fingerprint density at radius 3 is 2.50 bits per heavy atom. The summed E-state index contributed by atoms with van der Waals surface area (Å²) in [7, 11) is 0. The van der Waals surface area contributed by atoms with Crippen molar-refractivity contribution in [3.8, 4) is 0 Å². The molecule has 0 aromatic carbocycles. The molecule has 0 radical (unpaired) electrons. The highest BCUT2D eigenvalue weighted by atomic mass is 16.3. The first kappa shape index (κ1) is 20.3. The fourth-order valence-corrected chi connectivity index (χ4v) is 7.99. The summed E-state index contributed by atoms with van der Waals surface area (Å²) >= 11 is 0. The smallest absolute Gasteiger partial charge is 0.128 e. The van der Waals surface area contributed by atoms with Gasteiger partial charge in [0.2, 0.25) is 0 Å². The Morgan fingerprint density at radius 1 is 1.14 bits per heavy atom. The van der Waals surface area contributed by atoms with Crippen LogP contribution in [-0.2, 0) is 4.79 Å². The van der Waals surface area contributed by atoms with Crippen molar-refractivity contribution in [3.63, 3.8) is 0 Å². The maximum atomic E-state index is 12.1. The van der Waals surface area contributed by atoms with Gasteiger partial charge in [0.25, 0.3) is 0 Å². The van der Waals surface area contributed by atoms with E-state index >= 15 is 0 Å². The van der Waals surface area contributed by atoms with Gasteiger partial charge in [0, 0.05) is 6.61 Å². The molecule has 3 heteroatoms. The highest BCUT2D eigenvalue weighted by molar-refractivity contribution is 5.63. The molecule has 0 aromatic rings. The van der Waals surface area contributed by atoms with E-state index in [2.05, 4.69) is 39.8 Å². The molecular weight excluding hydrogens is 348 g/mol. The Balaban J connectivity index is 1.80. The number of aliphatic hydroxyl groups is 2. The van der Waals surface area contributed by atoms with E-state index in [1.165, 1.54) is 24.0 Å². The monoisotopic (exact) mass is 386 g/mol. The molecule has 0 aromatic heterocycles. The first-order valence-corrected chi connectivity index (χ1v) is 11.3. The van der Waals surface area contributed by atoms with Crippen LogP contribution >= 0.6 is 0 Å². The molecule has 3 nitrogen and oxygen atoms in total. The predicted octanol–water partition coefficient (Wildman–Crippen LogP) is 4.68. The van der Waals surface area contributed by atoms with Crippen molar-refractivity contribution in [2.45, 2.75) is 79.2 Å². The van der Waals surface area contributed by atoms with Gasteiger partial charge in [0.1, 0.15) is 6.29 Å². The van der Waals surface area contributed by atoms with Gasteiger partial charge in [-0.1, -0.05) is 46.8 Å². The molecular formula is C25H38O3. The van der Waals surface area contributed by atoms with Crippen LogP contribution in [0.2, 0.25) is 0 Å². The number of hydrogen-bond donors (Lipinski definition) is 2. The van der Waals surface area contributed by atoms with Crippen LogP contribution in [-0.4, -0.2) is 29.2 Å². The standard InChI is InChI=1S/C25H38O3/c1-16(14-26)17-8-12-25(5)19-6-7-20-22(2,18(19)9-13-24(17,25)4)11-10-21(28)23(20,3)15-27/h6,9,15-17,20-21,26,28H,7-8,10-14H2,1-5H3/t16-,17-,20-,21+,22-,23-,24-,25+/m1/s1. The summed E-state index contributed by atoms with van der Waals surface area (Å²) < 4.78 is 0. The molecule has 0 amide bonds. The molecule has 0 spiro atoms. The minimum Gasteiger partial charge on any atom is -0.396 e. The summed E-state index contributed by atoms with van der Waals surface area (Å²) in [6.07, 6.45) is 11.3. The number of aldehydes is 1. The van der Waals surface area contributed by atoms with Crippen molar-refractivity contribution in [2.75, 3.05) is 6.61 Å². The lowest BCUT2D eigenvalue weighted by molar-refractivity contribution is -0.139. The van der Waals surface area contributed by atoms with Crippen LogP contribution in [0.15, 0.2) is 23.3 Å². The maximum Gasteiger partial charge on any atom is 0.128 e. The molecule has 156 valence electrons. The zero-order valence-corrected chi connectivity index (χ0v) is 18.3. The van der Waals surface area contributed by atoms with Gasteiger partial charge in [-0.2, -0.15) is 0 Å². The van der Waals surface area contributed by atoms with Crippen LogP contribution in [0.5, 0.6) is 0 Å². The lowest BCUT2D eigenvalue weighted by Gasteiger charge is -2.60. The van der Waals surface area contributed by atoms with Crippen molar-refractivity contribution < 1.29 is 15.0 Å². The molecule has 4 aliphatic rings. The third-order valence-corrected chi connectivity index (χ3v) is 10.2. The SMILES string of the molecule is C[C@H](CO)[C@H]1CC[C@@]2(C)C3=CC[C@H]4[C@@](C)(C=O)[C@@H](O)CC[C@]4(C)C3=CC[C@]12C. The summed E-state index contributed by atoms with van der Waals surface area (Å²) in [4.78, 5) is 12.1. The molecule has 0 saturated heterocycles. The zero-order chi connectivity index (χ0) is 20.5. The van der Waals surface area contributed by atoms with Gasteiger partial charge >= 0.3 is 0 Å². The molecule has 0 bridgehead atoms. The zero-order valence-electron chi connectivity index (χ0n) is 18.3. The van der Waals surface area contributed by atoms with E-state index in [-0.39, 0.29) is 28.8 Å². The van der Waals surface area contributed by atoms with Crippen molar-refractivity contribution in [1.82, 2.24) is 0 Å². The second kappa shape index (κ2) is 6.28. The van der Waals surface area contributed by atoms with Crippen LogP contribution in [0.25, 0.3) is 0 Å². The molecule has 2 fully saturated rings. The number of fused-ring (bicyclic) bond motifs is 5. The fraction of sp³-hybridized carbons (Fsp3) is 0.800. The number of rotatable bonds is 3. The molecule has 4 aliphatic carbocycles. The second-order valence-corrected chi connectivity index (χ2v) is 11.2. The number of carbonyl (C=O) groups is 1. The van der Waals surface area contributed by atoms with Crippen LogP contribution in [0.1, 0.15) is 73.1 Å².